The van der Waals surface area contributed by atoms with E-state index in [2.05, 4.69) is 30.3 Å². The van der Waals surface area contributed by atoms with Crippen molar-refractivity contribution in [2.45, 2.75) is 6.61 Å². The molecule has 0 spiro atoms. The van der Waals surface area contributed by atoms with Crippen molar-refractivity contribution in [1.82, 2.24) is 0 Å². The maximum Gasteiger partial charge on any atom is 0.0718 e. The average Bonchev–Trinajstić information content (AvgIpc) is 2.42. The van der Waals surface area contributed by atoms with Gasteiger partial charge in [0.15, 0.2) is 0 Å². The van der Waals surface area contributed by atoms with E-state index in [4.69, 9.17) is 14.6 Å². The van der Waals surface area contributed by atoms with E-state index < -0.39 is 0 Å². The molecule has 2 aromatic rings. The summed E-state index contributed by atoms with van der Waals surface area (Å²) >= 11 is 0. The number of fused-ring (bicyclic) bond motifs is 1. The normalized spacial score (nSPS) is 10.9. The lowest BCUT2D eigenvalue weighted by atomic mass is 10.1. The quantitative estimate of drug-likeness (QED) is 0.762. The maximum absolute atomic E-state index is 8.54. The van der Waals surface area contributed by atoms with Crippen LogP contribution in [0, 0.1) is 0 Å². The lowest BCUT2D eigenvalue weighted by molar-refractivity contribution is 0.0274. The van der Waals surface area contributed by atoms with Crippen molar-refractivity contribution in [2.24, 2.45) is 0 Å². The van der Waals surface area contributed by atoms with Gasteiger partial charge in [-0.2, -0.15) is 0 Å². The van der Waals surface area contributed by atoms with Crippen LogP contribution in [-0.4, -0.2) is 31.5 Å². The molecule has 0 saturated carbocycles. The number of hydrogen-bond donors (Lipinski definition) is 1. The fourth-order valence-corrected chi connectivity index (χ4v) is 1.80. The second kappa shape index (κ2) is 7.11. The second-order valence-corrected chi connectivity index (χ2v) is 4.07. The van der Waals surface area contributed by atoms with Gasteiger partial charge in [-0.05, 0) is 22.4 Å². The van der Waals surface area contributed by atoms with Crippen molar-refractivity contribution in [1.29, 1.82) is 0 Å². The van der Waals surface area contributed by atoms with Gasteiger partial charge in [0.2, 0.25) is 0 Å². The molecule has 0 unspecified atom stereocenters. The predicted molar refractivity (Wildman–Crippen MR) is 71.5 cm³/mol. The van der Waals surface area contributed by atoms with Gasteiger partial charge in [-0.3, -0.25) is 0 Å². The van der Waals surface area contributed by atoms with Crippen molar-refractivity contribution in [3.63, 3.8) is 0 Å². The first kappa shape index (κ1) is 13.0. The van der Waals surface area contributed by atoms with Crippen molar-refractivity contribution >= 4 is 10.8 Å². The summed E-state index contributed by atoms with van der Waals surface area (Å²) in [5.41, 5.74) is 1.16. The van der Waals surface area contributed by atoms with Gasteiger partial charge in [-0.25, -0.2) is 0 Å². The molecule has 1 N–H and O–H groups in total. The zero-order chi connectivity index (χ0) is 12.6. The van der Waals surface area contributed by atoms with E-state index in [1.807, 2.05) is 12.1 Å². The summed E-state index contributed by atoms with van der Waals surface area (Å²) < 4.78 is 10.6. The summed E-state index contributed by atoms with van der Waals surface area (Å²) in [5.74, 6) is 0. The third-order valence-corrected chi connectivity index (χ3v) is 2.69. The van der Waals surface area contributed by atoms with Crippen LogP contribution in [0.1, 0.15) is 5.56 Å². The molecule has 0 aliphatic carbocycles. The number of aliphatic hydroxyl groups is 1. The Morgan fingerprint density at radius 1 is 0.833 bits per heavy atom. The Morgan fingerprint density at radius 3 is 2.44 bits per heavy atom. The molecular weight excluding hydrogens is 228 g/mol. The lowest BCUT2D eigenvalue weighted by Gasteiger charge is -2.06. The Balaban J connectivity index is 1.81. The molecule has 3 heteroatoms. The first-order chi connectivity index (χ1) is 8.90. The molecule has 0 saturated heterocycles. The van der Waals surface area contributed by atoms with Gasteiger partial charge in [0.1, 0.15) is 0 Å². The van der Waals surface area contributed by atoms with E-state index in [0.29, 0.717) is 26.4 Å². The highest BCUT2D eigenvalue weighted by atomic mass is 16.5. The molecule has 0 radical (unpaired) electrons. The van der Waals surface area contributed by atoms with E-state index >= 15 is 0 Å². The number of aliphatic hydroxyl groups excluding tert-OH is 1. The third kappa shape index (κ3) is 3.81. The van der Waals surface area contributed by atoms with Gasteiger partial charge in [0.25, 0.3) is 0 Å². The Bertz CT molecular complexity index is 482. The molecular formula is C15H18O3. The summed E-state index contributed by atoms with van der Waals surface area (Å²) in [4.78, 5) is 0. The number of benzene rings is 2. The van der Waals surface area contributed by atoms with Crippen LogP contribution in [0.4, 0.5) is 0 Å². The largest absolute Gasteiger partial charge is 0.394 e. The van der Waals surface area contributed by atoms with E-state index in [9.17, 15) is 0 Å². The Morgan fingerprint density at radius 2 is 1.61 bits per heavy atom. The van der Waals surface area contributed by atoms with Crippen molar-refractivity contribution in [3.8, 4) is 0 Å². The second-order valence-electron chi connectivity index (χ2n) is 4.07. The van der Waals surface area contributed by atoms with E-state index in [-0.39, 0.29) is 6.61 Å². The molecule has 0 bridgehead atoms. The SMILES string of the molecule is OCCOCCOCc1ccc2ccccc2c1. The highest BCUT2D eigenvalue weighted by Crippen LogP contribution is 2.15. The van der Waals surface area contributed by atoms with E-state index in [1.165, 1.54) is 10.8 Å². The van der Waals surface area contributed by atoms with Crippen LogP contribution in [0.2, 0.25) is 0 Å². The van der Waals surface area contributed by atoms with Gasteiger partial charge in [-0.15, -0.1) is 0 Å². The monoisotopic (exact) mass is 246 g/mol. The van der Waals surface area contributed by atoms with Crippen LogP contribution in [0.15, 0.2) is 42.5 Å². The number of rotatable bonds is 7. The molecule has 0 aliphatic rings. The van der Waals surface area contributed by atoms with Crippen LogP contribution in [0.5, 0.6) is 0 Å². The van der Waals surface area contributed by atoms with Crippen molar-refractivity contribution in [3.05, 3.63) is 48.0 Å². The molecule has 0 atom stereocenters. The predicted octanol–water partition coefficient (Wildman–Crippen LogP) is 2.37. The highest BCUT2D eigenvalue weighted by molar-refractivity contribution is 5.82. The van der Waals surface area contributed by atoms with E-state index in [1.54, 1.807) is 0 Å². The molecule has 0 aromatic heterocycles. The van der Waals surface area contributed by atoms with Crippen LogP contribution in [0.3, 0.4) is 0 Å². The molecule has 3 nitrogen and oxygen atoms in total. The minimum atomic E-state index is 0.0602. The summed E-state index contributed by atoms with van der Waals surface area (Å²) in [6.45, 7) is 2.10. The minimum absolute atomic E-state index is 0.0602. The van der Waals surface area contributed by atoms with Crippen molar-refractivity contribution < 1.29 is 14.6 Å². The molecule has 96 valence electrons. The molecule has 2 rings (SSSR count). The molecule has 0 aliphatic heterocycles. The summed E-state index contributed by atoms with van der Waals surface area (Å²) in [7, 11) is 0. The molecule has 2 aromatic carbocycles. The molecule has 0 amide bonds. The fraction of sp³-hybridized carbons (Fsp3) is 0.333. The van der Waals surface area contributed by atoms with Gasteiger partial charge >= 0.3 is 0 Å². The van der Waals surface area contributed by atoms with Crippen LogP contribution < -0.4 is 0 Å². The zero-order valence-corrected chi connectivity index (χ0v) is 10.3. The summed E-state index contributed by atoms with van der Waals surface area (Å²) in [6, 6.07) is 14.6. The third-order valence-electron chi connectivity index (χ3n) is 2.69. The zero-order valence-electron chi connectivity index (χ0n) is 10.3. The maximum atomic E-state index is 8.54. The first-order valence-corrected chi connectivity index (χ1v) is 6.14. The van der Waals surface area contributed by atoms with Gasteiger partial charge in [0, 0.05) is 0 Å². The minimum Gasteiger partial charge on any atom is -0.394 e. The Hall–Kier alpha value is -1.42. The highest BCUT2D eigenvalue weighted by Gasteiger charge is 1.96. The van der Waals surface area contributed by atoms with Crippen LogP contribution in [0.25, 0.3) is 10.8 Å². The molecule has 18 heavy (non-hydrogen) atoms. The smallest absolute Gasteiger partial charge is 0.0718 e. The molecule has 0 fully saturated rings. The Kier molecular flexibility index (Phi) is 5.15. The number of ether oxygens (including phenoxy) is 2. The van der Waals surface area contributed by atoms with Crippen LogP contribution >= 0.6 is 0 Å². The van der Waals surface area contributed by atoms with Gasteiger partial charge < -0.3 is 14.6 Å². The van der Waals surface area contributed by atoms with Crippen molar-refractivity contribution in [2.75, 3.05) is 26.4 Å². The summed E-state index contributed by atoms with van der Waals surface area (Å²) in [5, 5.41) is 11.0. The number of hydrogen-bond acceptors (Lipinski definition) is 3. The first-order valence-electron chi connectivity index (χ1n) is 6.14. The molecule has 0 heterocycles. The topological polar surface area (TPSA) is 38.7 Å². The van der Waals surface area contributed by atoms with Gasteiger partial charge in [0.05, 0.1) is 33.0 Å². The summed E-state index contributed by atoms with van der Waals surface area (Å²) in [6.07, 6.45) is 0. The van der Waals surface area contributed by atoms with Crippen LogP contribution in [-0.2, 0) is 16.1 Å². The lowest BCUT2D eigenvalue weighted by Crippen LogP contribution is -2.07. The van der Waals surface area contributed by atoms with E-state index in [0.717, 1.165) is 5.56 Å². The standard InChI is InChI=1S/C15H18O3/c16-7-8-17-9-10-18-12-13-5-6-14-3-1-2-4-15(14)11-13/h1-6,11,16H,7-10,12H2. The van der Waals surface area contributed by atoms with Gasteiger partial charge in [-0.1, -0.05) is 36.4 Å². The fourth-order valence-electron chi connectivity index (χ4n) is 1.80. The average molecular weight is 246 g/mol. The Labute approximate surface area is 107 Å².